The molecule has 3 amide bonds. The third-order valence-electron chi connectivity index (χ3n) is 4.97. The van der Waals surface area contributed by atoms with E-state index in [9.17, 15) is 18.8 Å². The van der Waals surface area contributed by atoms with Gasteiger partial charge in [0.1, 0.15) is 5.82 Å². The summed E-state index contributed by atoms with van der Waals surface area (Å²) >= 11 is 0. The highest BCUT2D eigenvalue weighted by Crippen LogP contribution is 2.27. The largest absolute Gasteiger partial charge is 0.322 e. The van der Waals surface area contributed by atoms with E-state index in [1.165, 1.54) is 17.0 Å². The van der Waals surface area contributed by atoms with Crippen LogP contribution in [0.4, 0.5) is 15.8 Å². The van der Waals surface area contributed by atoms with Gasteiger partial charge >= 0.3 is 0 Å². The monoisotopic (exact) mass is 402 g/mol. The molecular weight excluding hydrogens is 383 g/mol. The Morgan fingerprint density at radius 2 is 1.53 bits per heavy atom. The van der Waals surface area contributed by atoms with E-state index in [0.29, 0.717) is 36.2 Å². The fraction of sp³-hybridized carbons (Fsp3) is 0.125. The van der Waals surface area contributed by atoms with Crippen LogP contribution in [0, 0.1) is 5.82 Å². The van der Waals surface area contributed by atoms with Crippen LogP contribution in [-0.4, -0.2) is 17.7 Å². The highest BCUT2D eigenvalue weighted by molar-refractivity contribution is 6.16. The zero-order valence-electron chi connectivity index (χ0n) is 16.1. The molecule has 150 valence electrons. The molecule has 1 saturated heterocycles. The van der Waals surface area contributed by atoms with Crippen molar-refractivity contribution in [2.45, 2.75) is 19.3 Å². The Morgan fingerprint density at radius 1 is 0.867 bits per heavy atom. The van der Waals surface area contributed by atoms with E-state index in [1.54, 1.807) is 30.3 Å². The molecule has 1 N–H and O–H groups in total. The predicted octanol–water partition coefficient (Wildman–Crippen LogP) is 4.79. The van der Waals surface area contributed by atoms with E-state index in [2.05, 4.69) is 5.32 Å². The number of benzene rings is 3. The maximum absolute atomic E-state index is 13.8. The highest BCUT2D eigenvalue weighted by atomic mass is 19.1. The number of hydrogen-bond acceptors (Lipinski definition) is 3. The number of rotatable bonds is 4. The zero-order chi connectivity index (χ0) is 21.1. The normalized spacial score (nSPS) is 14.0. The van der Waals surface area contributed by atoms with Gasteiger partial charge in [0, 0.05) is 18.5 Å². The molecule has 0 radical (unpaired) electrons. The molecule has 6 heteroatoms. The lowest BCUT2D eigenvalue weighted by atomic mass is 9.99. The third-order valence-corrected chi connectivity index (χ3v) is 4.97. The minimum atomic E-state index is -0.502. The smallest absolute Gasteiger partial charge is 0.256 e. The molecule has 0 aliphatic carbocycles. The van der Waals surface area contributed by atoms with Crippen molar-refractivity contribution in [3.05, 3.63) is 84.2 Å². The van der Waals surface area contributed by atoms with Gasteiger partial charge in [-0.2, -0.15) is 0 Å². The Balaban J connectivity index is 1.57. The second-order valence-electron chi connectivity index (χ2n) is 7.03. The van der Waals surface area contributed by atoms with Crippen molar-refractivity contribution in [2.24, 2.45) is 0 Å². The van der Waals surface area contributed by atoms with E-state index in [0.717, 1.165) is 5.56 Å². The van der Waals surface area contributed by atoms with E-state index in [4.69, 9.17) is 0 Å². The Labute approximate surface area is 173 Å². The summed E-state index contributed by atoms with van der Waals surface area (Å²) in [6, 6.07) is 19.8. The van der Waals surface area contributed by atoms with Gasteiger partial charge < -0.3 is 5.32 Å². The summed E-state index contributed by atoms with van der Waals surface area (Å²) in [6.45, 7) is 0. The molecule has 0 unspecified atom stereocenters. The van der Waals surface area contributed by atoms with Crippen LogP contribution in [0.3, 0.4) is 0 Å². The first-order chi connectivity index (χ1) is 14.5. The van der Waals surface area contributed by atoms with Crippen molar-refractivity contribution >= 4 is 29.1 Å². The summed E-state index contributed by atoms with van der Waals surface area (Å²) in [5.41, 5.74) is 2.59. The number of nitrogens with one attached hydrogen (secondary N) is 1. The van der Waals surface area contributed by atoms with Gasteiger partial charge in [0.25, 0.3) is 5.91 Å². The molecule has 1 fully saturated rings. The van der Waals surface area contributed by atoms with Gasteiger partial charge in [-0.3, -0.25) is 19.3 Å². The number of halogens is 1. The molecular formula is C24H19FN2O3. The Morgan fingerprint density at radius 3 is 2.20 bits per heavy atom. The van der Waals surface area contributed by atoms with Crippen molar-refractivity contribution in [1.82, 2.24) is 0 Å². The van der Waals surface area contributed by atoms with Gasteiger partial charge in [-0.05, 0) is 53.9 Å². The number of anilines is 2. The quantitative estimate of drug-likeness (QED) is 0.638. The Kier molecular flexibility index (Phi) is 5.39. The minimum absolute atomic E-state index is 0.215. The lowest BCUT2D eigenvalue weighted by Gasteiger charge is -2.25. The van der Waals surface area contributed by atoms with Crippen molar-refractivity contribution in [3.63, 3.8) is 0 Å². The summed E-state index contributed by atoms with van der Waals surface area (Å²) in [7, 11) is 0. The molecule has 5 nitrogen and oxygen atoms in total. The average Bonchev–Trinajstić information content (AvgIpc) is 2.75. The minimum Gasteiger partial charge on any atom is -0.322 e. The number of piperidine rings is 1. The molecule has 0 aromatic heterocycles. The predicted molar refractivity (Wildman–Crippen MR) is 113 cm³/mol. The van der Waals surface area contributed by atoms with E-state index in [1.807, 2.05) is 30.3 Å². The van der Waals surface area contributed by atoms with Crippen LogP contribution in [0.15, 0.2) is 72.8 Å². The number of imide groups is 1. The fourth-order valence-corrected chi connectivity index (χ4v) is 3.51. The van der Waals surface area contributed by atoms with Crippen LogP contribution < -0.4 is 10.2 Å². The van der Waals surface area contributed by atoms with Gasteiger partial charge in [0.2, 0.25) is 11.8 Å². The number of carbonyl (C=O) groups excluding carboxylic acids is 3. The highest BCUT2D eigenvalue weighted by Gasteiger charge is 2.27. The molecule has 30 heavy (non-hydrogen) atoms. The molecule has 0 atom stereocenters. The van der Waals surface area contributed by atoms with Gasteiger partial charge in [-0.1, -0.05) is 36.4 Å². The van der Waals surface area contributed by atoms with Crippen LogP contribution in [0.1, 0.15) is 29.6 Å². The lowest BCUT2D eigenvalue weighted by Crippen LogP contribution is -2.40. The van der Waals surface area contributed by atoms with Crippen LogP contribution in [-0.2, 0) is 9.59 Å². The van der Waals surface area contributed by atoms with Crippen molar-refractivity contribution in [3.8, 4) is 11.1 Å². The number of hydrogen-bond donors (Lipinski definition) is 1. The summed E-state index contributed by atoms with van der Waals surface area (Å²) in [6.07, 6.45) is 1.25. The van der Waals surface area contributed by atoms with Gasteiger partial charge in [0.15, 0.2) is 0 Å². The second-order valence-corrected chi connectivity index (χ2v) is 7.03. The van der Waals surface area contributed by atoms with Crippen molar-refractivity contribution in [2.75, 3.05) is 10.2 Å². The molecule has 0 saturated carbocycles. The fourth-order valence-electron chi connectivity index (χ4n) is 3.51. The van der Waals surface area contributed by atoms with Gasteiger partial charge in [-0.15, -0.1) is 0 Å². The SMILES string of the molecule is O=C(Nc1ccc(N2C(=O)CCCC2=O)cc1)c1cc(F)ccc1-c1ccccc1. The lowest BCUT2D eigenvalue weighted by molar-refractivity contribution is -0.129. The first-order valence-corrected chi connectivity index (χ1v) is 9.65. The van der Waals surface area contributed by atoms with E-state index in [-0.39, 0.29) is 17.4 Å². The third kappa shape index (κ3) is 3.98. The van der Waals surface area contributed by atoms with Crippen LogP contribution >= 0.6 is 0 Å². The number of amides is 3. The molecule has 3 aromatic carbocycles. The molecule has 3 aromatic rings. The number of nitrogens with zero attached hydrogens (tertiary/aromatic N) is 1. The van der Waals surface area contributed by atoms with E-state index < -0.39 is 11.7 Å². The van der Waals surface area contributed by atoms with Crippen LogP contribution in [0.25, 0.3) is 11.1 Å². The van der Waals surface area contributed by atoms with Crippen molar-refractivity contribution < 1.29 is 18.8 Å². The topological polar surface area (TPSA) is 66.5 Å². The molecule has 0 bridgehead atoms. The Hall–Kier alpha value is -3.80. The summed E-state index contributed by atoms with van der Waals surface area (Å²) < 4.78 is 13.8. The maximum Gasteiger partial charge on any atom is 0.256 e. The summed E-state index contributed by atoms with van der Waals surface area (Å²) in [5, 5.41) is 2.75. The van der Waals surface area contributed by atoms with E-state index >= 15 is 0 Å². The average molecular weight is 402 g/mol. The standard InChI is InChI=1S/C24H19FN2O3/c25-17-9-14-20(16-5-2-1-3-6-16)21(15-17)24(30)26-18-10-12-19(13-11-18)27-22(28)7-4-8-23(27)29/h1-3,5-6,9-15H,4,7-8H2,(H,26,30). The molecule has 1 aliphatic rings. The molecule has 1 heterocycles. The molecule has 1 aliphatic heterocycles. The first-order valence-electron chi connectivity index (χ1n) is 9.65. The maximum atomic E-state index is 13.8. The second kappa shape index (κ2) is 8.29. The summed E-state index contributed by atoms with van der Waals surface area (Å²) in [5.74, 6) is -1.41. The van der Waals surface area contributed by atoms with Crippen LogP contribution in [0.5, 0.6) is 0 Å². The number of carbonyl (C=O) groups is 3. The summed E-state index contributed by atoms with van der Waals surface area (Å²) in [4.78, 5) is 38.1. The van der Waals surface area contributed by atoms with Gasteiger partial charge in [-0.25, -0.2) is 4.39 Å². The molecule has 4 rings (SSSR count). The van der Waals surface area contributed by atoms with Crippen molar-refractivity contribution in [1.29, 1.82) is 0 Å². The molecule has 0 spiro atoms. The zero-order valence-corrected chi connectivity index (χ0v) is 16.1. The van der Waals surface area contributed by atoms with Gasteiger partial charge in [0.05, 0.1) is 11.3 Å². The Bertz CT molecular complexity index is 1100. The first kappa shape index (κ1) is 19.5. The van der Waals surface area contributed by atoms with Crippen LogP contribution in [0.2, 0.25) is 0 Å².